The van der Waals surface area contributed by atoms with E-state index in [4.69, 9.17) is 5.11 Å². The van der Waals surface area contributed by atoms with Gasteiger partial charge in [-0.05, 0) is 0 Å². The highest BCUT2D eigenvalue weighted by atomic mass is 16.4. The summed E-state index contributed by atoms with van der Waals surface area (Å²) >= 11 is 0. The number of carbonyl (C=O) groups is 1. The Morgan fingerprint density at radius 3 is 3.00 bits per heavy atom. The van der Waals surface area contributed by atoms with Crippen molar-refractivity contribution in [3.8, 4) is 0 Å². The summed E-state index contributed by atoms with van der Waals surface area (Å²) < 4.78 is 0. The number of anilines is 1. The summed E-state index contributed by atoms with van der Waals surface area (Å²) in [7, 11) is 0. The van der Waals surface area contributed by atoms with Gasteiger partial charge in [0.15, 0.2) is 0 Å². The Bertz CT molecular complexity index is 237. The predicted octanol–water partition coefficient (Wildman–Crippen LogP) is 0.0711. The van der Waals surface area contributed by atoms with Gasteiger partial charge in [0.1, 0.15) is 12.1 Å². The third-order valence-corrected chi connectivity index (χ3v) is 0.879. The van der Waals surface area contributed by atoms with Crippen molar-refractivity contribution in [1.82, 2.24) is 15.4 Å². The highest BCUT2D eigenvalue weighted by Crippen LogP contribution is 1.93. The first-order valence-corrected chi connectivity index (χ1v) is 2.80. The number of carboxylic acid groups (broad SMARTS) is 1. The molecule has 0 aliphatic rings. The van der Waals surface area contributed by atoms with Gasteiger partial charge < -0.3 is 5.11 Å². The maximum absolute atomic E-state index is 9.96. The molecule has 6 heteroatoms. The lowest BCUT2D eigenvalue weighted by Crippen LogP contribution is -2.27. The van der Waals surface area contributed by atoms with Crippen molar-refractivity contribution < 1.29 is 9.90 Å². The van der Waals surface area contributed by atoms with E-state index >= 15 is 0 Å². The van der Waals surface area contributed by atoms with Crippen LogP contribution in [0, 0.1) is 0 Å². The highest BCUT2D eigenvalue weighted by molar-refractivity contribution is 5.66. The van der Waals surface area contributed by atoms with Crippen LogP contribution in [0.25, 0.3) is 0 Å². The largest absolute Gasteiger partial charge is 0.464 e. The van der Waals surface area contributed by atoms with E-state index in [9.17, 15) is 4.79 Å². The Balaban J connectivity index is 2.45. The van der Waals surface area contributed by atoms with Crippen LogP contribution in [0.4, 0.5) is 10.6 Å². The Morgan fingerprint density at radius 2 is 2.45 bits per heavy atom. The van der Waals surface area contributed by atoms with Crippen LogP contribution in [-0.2, 0) is 0 Å². The maximum atomic E-state index is 9.96. The fourth-order valence-electron chi connectivity index (χ4n) is 0.482. The molecule has 0 unspecified atom stereocenters. The second-order valence-electron chi connectivity index (χ2n) is 1.65. The zero-order chi connectivity index (χ0) is 8.10. The first kappa shape index (κ1) is 7.26. The molecule has 6 nitrogen and oxygen atoms in total. The quantitative estimate of drug-likeness (QED) is 0.525. The lowest BCUT2D eigenvalue weighted by atomic mass is 10.6. The lowest BCUT2D eigenvalue weighted by Gasteiger charge is -2.01. The summed E-state index contributed by atoms with van der Waals surface area (Å²) in [5.41, 5.74) is 4.28. The molecule has 1 amide bonds. The van der Waals surface area contributed by atoms with Crippen molar-refractivity contribution in [2.45, 2.75) is 0 Å². The van der Waals surface area contributed by atoms with E-state index in [1.807, 2.05) is 5.43 Å². The van der Waals surface area contributed by atoms with Gasteiger partial charge in [0, 0.05) is 12.3 Å². The van der Waals surface area contributed by atoms with Crippen LogP contribution in [0.5, 0.6) is 0 Å². The minimum atomic E-state index is -1.16. The van der Waals surface area contributed by atoms with Crippen molar-refractivity contribution in [3.63, 3.8) is 0 Å². The zero-order valence-electron chi connectivity index (χ0n) is 5.48. The number of aromatic nitrogens is 2. The van der Waals surface area contributed by atoms with Crippen molar-refractivity contribution in [2.75, 3.05) is 5.43 Å². The molecular formula is C5H6N4O2. The molecule has 11 heavy (non-hydrogen) atoms. The molecule has 58 valence electrons. The number of hydrogen-bond acceptors (Lipinski definition) is 4. The third-order valence-electron chi connectivity index (χ3n) is 0.879. The van der Waals surface area contributed by atoms with Gasteiger partial charge in [-0.3, -0.25) is 5.43 Å². The van der Waals surface area contributed by atoms with Crippen LogP contribution >= 0.6 is 0 Å². The Morgan fingerprint density at radius 1 is 1.64 bits per heavy atom. The van der Waals surface area contributed by atoms with E-state index in [2.05, 4.69) is 15.4 Å². The Labute approximate surface area is 62.3 Å². The minimum absolute atomic E-state index is 0.405. The number of rotatable bonds is 2. The molecular weight excluding hydrogens is 148 g/mol. The van der Waals surface area contributed by atoms with Crippen molar-refractivity contribution in [1.29, 1.82) is 0 Å². The van der Waals surface area contributed by atoms with E-state index in [0.29, 0.717) is 5.82 Å². The van der Waals surface area contributed by atoms with Gasteiger partial charge in [0.25, 0.3) is 0 Å². The topological polar surface area (TPSA) is 87.1 Å². The molecule has 0 saturated carbocycles. The van der Waals surface area contributed by atoms with Crippen LogP contribution in [0.3, 0.4) is 0 Å². The van der Waals surface area contributed by atoms with Crippen LogP contribution in [0.1, 0.15) is 0 Å². The lowest BCUT2D eigenvalue weighted by molar-refractivity contribution is 0.197. The van der Waals surface area contributed by atoms with Gasteiger partial charge in [-0.1, -0.05) is 0 Å². The van der Waals surface area contributed by atoms with Crippen LogP contribution < -0.4 is 10.9 Å². The van der Waals surface area contributed by atoms with Crippen molar-refractivity contribution in [3.05, 3.63) is 18.6 Å². The van der Waals surface area contributed by atoms with Gasteiger partial charge in [-0.25, -0.2) is 20.2 Å². The molecule has 0 atom stereocenters. The average Bonchev–Trinajstić information content (AvgIpc) is 2.03. The van der Waals surface area contributed by atoms with E-state index in [1.54, 1.807) is 0 Å². The summed E-state index contributed by atoms with van der Waals surface area (Å²) in [5.74, 6) is 0.405. The number of nitrogens with zero attached hydrogens (tertiary/aromatic N) is 2. The van der Waals surface area contributed by atoms with Gasteiger partial charge in [-0.15, -0.1) is 0 Å². The molecule has 0 aliphatic carbocycles. The zero-order valence-corrected chi connectivity index (χ0v) is 5.48. The molecule has 1 heterocycles. The maximum Gasteiger partial charge on any atom is 0.423 e. The molecule has 0 aromatic carbocycles. The summed E-state index contributed by atoms with van der Waals surface area (Å²) in [6.45, 7) is 0. The van der Waals surface area contributed by atoms with Gasteiger partial charge in [-0.2, -0.15) is 0 Å². The standard InChI is InChI=1S/C5H6N4O2/c10-5(11)9-8-4-1-2-6-3-7-4/h1-3,9H,(H,10,11)(H,6,7,8). The van der Waals surface area contributed by atoms with Crippen molar-refractivity contribution in [2.24, 2.45) is 0 Å². The number of nitrogens with one attached hydrogen (secondary N) is 2. The van der Waals surface area contributed by atoms with Gasteiger partial charge in [0.05, 0.1) is 0 Å². The minimum Gasteiger partial charge on any atom is -0.464 e. The fourth-order valence-corrected chi connectivity index (χ4v) is 0.482. The molecule has 1 aromatic rings. The van der Waals surface area contributed by atoms with E-state index in [-0.39, 0.29) is 0 Å². The van der Waals surface area contributed by atoms with E-state index in [0.717, 1.165) is 0 Å². The Kier molecular flexibility index (Phi) is 2.21. The van der Waals surface area contributed by atoms with Gasteiger partial charge in [0.2, 0.25) is 0 Å². The molecule has 0 saturated heterocycles. The SMILES string of the molecule is O=C(O)NNc1ccncn1. The molecule has 0 bridgehead atoms. The number of hydrazine groups is 1. The van der Waals surface area contributed by atoms with E-state index in [1.165, 1.54) is 18.6 Å². The summed E-state index contributed by atoms with van der Waals surface area (Å²) in [6.07, 6.45) is 1.65. The summed E-state index contributed by atoms with van der Waals surface area (Å²) in [4.78, 5) is 17.3. The van der Waals surface area contributed by atoms with E-state index < -0.39 is 6.09 Å². The first-order chi connectivity index (χ1) is 5.29. The molecule has 0 fully saturated rings. The van der Waals surface area contributed by atoms with Gasteiger partial charge >= 0.3 is 6.09 Å². The molecule has 0 aliphatic heterocycles. The third kappa shape index (κ3) is 2.48. The second kappa shape index (κ2) is 3.35. The summed E-state index contributed by atoms with van der Waals surface area (Å²) in [5, 5.41) is 8.16. The molecule has 0 spiro atoms. The normalized spacial score (nSPS) is 8.73. The first-order valence-electron chi connectivity index (χ1n) is 2.80. The predicted molar refractivity (Wildman–Crippen MR) is 36.8 cm³/mol. The molecule has 1 rings (SSSR count). The molecule has 0 radical (unpaired) electrons. The van der Waals surface area contributed by atoms with Crippen LogP contribution in [0.15, 0.2) is 18.6 Å². The molecule has 1 aromatic heterocycles. The molecule has 3 N–H and O–H groups in total. The number of hydrogen-bond donors (Lipinski definition) is 3. The highest BCUT2D eigenvalue weighted by Gasteiger charge is 1.92. The Hall–Kier alpha value is -1.85. The second-order valence-corrected chi connectivity index (χ2v) is 1.65. The number of amides is 1. The van der Waals surface area contributed by atoms with Crippen LogP contribution in [0.2, 0.25) is 0 Å². The monoisotopic (exact) mass is 154 g/mol. The smallest absolute Gasteiger partial charge is 0.423 e. The van der Waals surface area contributed by atoms with Crippen LogP contribution in [-0.4, -0.2) is 21.2 Å². The van der Waals surface area contributed by atoms with Crippen molar-refractivity contribution >= 4 is 11.9 Å². The summed E-state index contributed by atoms with van der Waals surface area (Å²) in [6, 6.07) is 1.54. The fraction of sp³-hybridized carbons (Fsp3) is 0. The average molecular weight is 154 g/mol.